The van der Waals surface area contributed by atoms with Gasteiger partial charge in [-0.2, -0.15) is 0 Å². The summed E-state index contributed by atoms with van der Waals surface area (Å²) in [5.41, 5.74) is 5.49. The topological polar surface area (TPSA) is 59.4 Å². The van der Waals surface area contributed by atoms with Crippen molar-refractivity contribution < 1.29 is 14.4 Å². The molecule has 0 bridgehead atoms. The quantitative estimate of drug-likeness (QED) is 0.232. The van der Waals surface area contributed by atoms with Gasteiger partial charge in [0.2, 0.25) is 0 Å². The predicted molar refractivity (Wildman–Crippen MR) is 138 cm³/mol. The number of aromatic nitrogens is 1. The molecule has 4 aromatic rings. The van der Waals surface area contributed by atoms with E-state index in [2.05, 4.69) is 0 Å². The van der Waals surface area contributed by atoms with Crippen LogP contribution in [0.3, 0.4) is 0 Å². The van der Waals surface area contributed by atoms with Gasteiger partial charge in [0.1, 0.15) is 5.00 Å². The third kappa shape index (κ3) is 3.65. The van der Waals surface area contributed by atoms with E-state index in [0.29, 0.717) is 27.3 Å². The largest absolute Gasteiger partial charge is 0.307 e. The van der Waals surface area contributed by atoms with Crippen LogP contribution < -0.4 is 0 Å². The highest BCUT2D eigenvalue weighted by atomic mass is 35.5. The van der Waals surface area contributed by atoms with E-state index >= 15 is 0 Å². The number of benzene rings is 2. The summed E-state index contributed by atoms with van der Waals surface area (Å²) < 4.78 is 2.01. The van der Waals surface area contributed by atoms with Gasteiger partial charge in [0, 0.05) is 21.8 Å². The molecule has 0 saturated carbocycles. The van der Waals surface area contributed by atoms with Crippen LogP contribution >= 0.6 is 22.9 Å². The smallest absolute Gasteiger partial charge is 0.261 e. The molecule has 0 unspecified atom stereocenters. The Morgan fingerprint density at radius 1 is 0.914 bits per heavy atom. The lowest BCUT2D eigenvalue weighted by molar-refractivity contribution is 0.0639. The van der Waals surface area contributed by atoms with Gasteiger partial charge in [0.25, 0.3) is 11.8 Å². The van der Waals surface area contributed by atoms with Crippen LogP contribution in [-0.2, 0) is 6.54 Å². The number of carbonyl (C=O) groups excluding carboxylic acids is 3. The molecule has 3 heterocycles. The van der Waals surface area contributed by atoms with Crippen LogP contribution in [0.15, 0.2) is 54.6 Å². The molecule has 35 heavy (non-hydrogen) atoms. The molecule has 0 atom stereocenters. The normalized spacial score (nSPS) is 13.0. The maximum Gasteiger partial charge on any atom is 0.261 e. The van der Waals surface area contributed by atoms with Gasteiger partial charge in [-0.05, 0) is 69.2 Å². The van der Waals surface area contributed by atoms with Gasteiger partial charge >= 0.3 is 0 Å². The minimum atomic E-state index is -0.306. The van der Waals surface area contributed by atoms with Crippen molar-refractivity contribution in [3.63, 3.8) is 0 Å². The zero-order valence-corrected chi connectivity index (χ0v) is 21.4. The highest BCUT2D eigenvalue weighted by molar-refractivity contribution is 7.15. The molecule has 0 radical (unpaired) electrons. The molecule has 0 saturated heterocycles. The summed E-state index contributed by atoms with van der Waals surface area (Å²) in [5, 5.41) is 1.17. The van der Waals surface area contributed by atoms with Gasteiger partial charge in [-0.3, -0.25) is 19.3 Å². The van der Waals surface area contributed by atoms with Crippen LogP contribution in [0.5, 0.6) is 0 Å². The van der Waals surface area contributed by atoms with E-state index in [1.807, 2.05) is 38.3 Å². The first kappa shape index (κ1) is 23.3. The standard InChI is InChI=1S/C28H23ClN2O3S/c1-15-13-19(14-30-26(33)20-9-5-6-10-21(20)27(30)34)31(17(15)3)28-24(16(2)18(4)35-28)25(32)22-11-7-8-12-23(22)29/h5-13H,14H2,1-4H3. The number of nitrogens with zero attached hydrogens (tertiary/aromatic N) is 2. The monoisotopic (exact) mass is 502 g/mol. The first-order valence-electron chi connectivity index (χ1n) is 11.2. The molecular weight excluding hydrogens is 480 g/mol. The molecule has 0 N–H and O–H groups in total. The van der Waals surface area contributed by atoms with Crippen LogP contribution in [-0.4, -0.2) is 27.1 Å². The van der Waals surface area contributed by atoms with E-state index in [1.165, 1.54) is 16.2 Å². The van der Waals surface area contributed by atoms with Crippen LogP contribution in [0, 0.1) is 27.7 Å². The van der Waals surface area contributed by atoms with Gasteiger partial charge in [-0.15, -0.1) is 11.3 Å². The third-order valence-electron chi connectivity index (χ3n) is 6.69. The maximum absolute atomic E-state index is 13.7. The molecule has 2 aromatic carbocycles. The SMILES string of the molecule is Cc1cc(CN2C(=O)c3ccccc3C2=O)n(-c2sc(C)c(C)c2C(=O)c2ccccc2Cl)c1C. The van der Waals surface area contributed by atoms with Gasteiger partial charge in [0.05, 0.1) is 28.3 Å². The Bertz CT molecular complexity index is 1510. The Balaban J connectivity index is 1.63. The minimum absolute atomic E-state index is 0.108. The second kappa shape index (κ2) is 8.63. The molecule has 2 amide bonds. The summed E-state index contributed by atoms with van der Waals surface area (Å²) in [5.74, 6) is -0.760. The third-order valence-corrected chi connectivity index (χ3v) is 8.21. The average molecular weight is 503 g/mol. The number of halogens is 1. The van der Waals surface area contributed by atoms with E-state index < -0.39 is 0 Å². The second-order valence-corrected chi connectivity index (χ2v) is 10.4. The van der Waals surface area contributed by atoms with Crippen molar-refractivity contribution in [3.05, 3.63) is 109 Å². The molecule has 1 aliphatic heterocycles. The number of hydrogen-bond donors (Lipinski definition) is 0. The predicted octanol–water partition coefficient (Wildman–Crippen LogP) is 6.45. The fraction of sp³-hybridized carbons (Fsp3) is 0.179. The van der Waals surface area contributed by atoms with Crippen molar-refractivity contribution in [2.75, 3.05) is 0 Å². The Morgan fingerprint density at radius 3 is 2.14 bits per heavy atom. The first-order chi connectivity index (χ1) is 16.7. The van der Waals surface area contributed by atoms with Crippen molar-refractivity contribution in [2.45, 2.75) is 34.2 Å². The van der Waals surface area contributed by atoms with Crippen LogP contribution in [0.4, 0.5) is 0 Å². The summed E-state index contributed by atoms with van der Waals surface area (Å²) in [6, 6.07) is 15.9. The minimum Gasteiger partial charge on any atom is -0.307 e. The van der Waals surface area contributed by atoms with Crippen molar-refractivity contribution in [1.82, 2.24) is 9.47 Å². The van der Waals surface area contributed by atoms with Gasteiger partial charge in [-0.25, -0.2) is 0 Å². The van der Waals surface area contributed by atoms with E-state index in [1.54, 1.807) is 48.5 Å². The van der Waals surface area contributed by atoms with E-state index in [-0.39, 0.29) is 24.1 Å². The summed E-state index contributed by atoms with van der Waals surface area (Å²) in [7, 11) is 0. The van der Waals surface area contributed by atoms with Gasteiger partial charge in [-0.1, -0.05) is 35.9 Å². The van der Waals surface area contributed by atoms with E-state index in [9.17, 15) is 14.4 Å². The maximum atomic E-state index is 13.7. The molecule has 5 rings (SSSR count). The Kier molecular flexibility index (Phi) is 5.74. The fourth-order valence-corrected chi connectivity index (χ4v) is 6.03. The number of imide groups is 1. The molecule has 7 heteroatoms. The Morgan fingerprint density at radius 2 is 1.51 bits per heavy atom. The molecule has 5 nitrogen and oxygen atoms in total. The Labute approximate surface area is 212 Å². The molecular formula is C28H23ClN2O3S. The zero-order chi connectivity index (χ0) is 25.0. The number of ketones is 1. The number of carbonyl (C=O) groups is 3. The Hall–Kier alpha value is -3.48. The zero-order valence-electron chi connectivity index (χ0n) is 19.8. The van der Waals surface area contributed by atoms with Crippen LogP contribution in [0.25, 0.3) is 5.00 Å². The van der Waals surface area contributed by atoms with Gasteiger partial charge in [0.15, 0.2) is 5.78 Å². The van der Waals surface area contributed by atoms with Crippen molar-refractivity contribution in [3.8, 4) is 5.00 Å². The van der Waals surface area contributed by atoms with Crippen molar-refractivity contribution in [1.29, 1.82) is 0 Å². The van der Waals surface area contributed by atoms with Crippen LogP contribution in [0.1, 0.15) is 64.0 Å². The van der Waals surface area contributed by atoms with E-state index in [4.69, 9.17) is 11.6 Å². The number of thiophene rings is 1. The summed E-state index contributed by atoms with van der Waals surface area (Å²) in [6.45, 7) is 8.00. The van der Waals surface area contributed by atoms with Crippen LogP contribution in [0.2, 0.25) is 5.02 Å². The average Bonchev–Trinajstić information content (AvgIpc) is 3.38. The highest BCUT2D eigenvalue weighted by Gasteiger charge is 2.36. The lowest BCUT2D eigenvalue weighted by Gasteiger charge is -2.18. The molecule has 2 aromatic heterocycles. The number of rotatable bonds is 5. The van der Waals surface area contributed by atoms with E-state index in [0.717, 1.165) is 32.4 Å². The first-order valence-corrected chi connectivity index (χ1v) is 12.4. The summed E-state index contributed by atoms with van der Waals surface area (Å²) in [4.78, 5) is 42.1. The lowest BCUT2D eigenvalue weighted by Crippen LogP contribution is -2.30. The summed E-state index contributed by atoms with van der Waals surface area (Å²) in [6.07, 6.45) is 0. The van der Waals surface area contributed by atoms with Crippen molar-refractivity contribution >= 4 is 40.5 Å². The number of amides is 2. The number of hydrogen-bond acceptors (Lipinski definition) is 4. The molecule has 176 valence electrons. The van der Waals surface area contributed by atoms with Gasteiger partial charge < -0.3 is 4.57 Å². The molecule has 1 aliphatic rings. The lowest BCUT2D eigenvalue weighted by atomic mass is 10.0. The fourth-order valence-electron chi connectivity index (χ4n) is 4.57. The molecule has 0 aliphatic carbocycles. The number of aryl methyl sites for hydroxylation is 2. The summed E-state index contributed by atoms with van der Waals surface area (Å²) >= 11 is 7.90. The molecule has 0 spiro atoms. The number of fused-ring (bicyclic) bond motifs is 1. The molecule has 0 fully saturated rings. The highest BCUT2D eigenvalue weighted by Crippen LogP contribution is 2.37. The van der Waals surface area contributed by atoms with Crippen molar-refractivity contribution in [2.24, 2.45) is 0 Å². The second-order valence-electron chi connectivity index (χ2n) is 8.75.